The van der Waals surface area contributed by atoms with Crippen molar-refractivity contribution in [2.75, 3.05) is 0 Å². The maximum absolute atomic E-state index is 12.4. The summed E-state index contributed by atoms with van der Waals surface area (Å²) in [6.07, 6.45) is 3.65. The van der Waals surface area contributed by atoms with Crippen molar-refractivity contribution in [3.8, 4) is 5.75 Å². The van der Waals surface area contributed by atoms with Gasteiger partial charge in [-0.15, -0.1) is 11.3 Å². The number of pyridine rings is 1. The molecule has 0 aliphatic heterocycles. The molecule has 8 heteroatoms. The number of aromatic nitrogens is 2. The first-order chi connectivity index (χ1) is 11.0. The van der Waals surface area contributed by atoms with Gasteiger partial charge in [0.1, 0.15) is 16.3 Å². The maximum Gasteiger partial charge on any atom is 0.387 e. The number of hydrogen-bond donors (Lipinski definition) is 1. The summed E-state index contributed by atoms with van der Waals surface area (Å²) in [6, 6.07) is 7.02. The minimum Gasteiger partial charge on any atom is -0.433 e. The first-order valence-electron chi connectivity index (χ1n) is 6.79. The van der Waals surface area contributed by atoms with E-state index in [2.05, 4.69) is 15.0 Å². The number of fused-ring (bicyclic) bond motifs is 1. The zero-order valence-electron chi connectivity index (χ0n) is 12.1. The van der Waals surface area contributed by atoms with Crippen LogP contribution in [0.25, 0.3) is 5.65 Å². The molecule has 1 amide bonds. The van der Waals surface area contributed by atoms with Crippen LogP contribution in [0.1, 0.15) is 20.2 Å². The lowest BCUT2D eigenvalue weighted by atomic mass is 10.3. The number of hydrogen-bond acceptors (Lipinski definition) is 4. The number of alkyl halides is 2. The average molecular weight is 337 g/mol. The lowest BCUT2D eigenvalue weighted by molar-refractivity contribution is -0.0498. The van der Waals surface area contributed by atoms with Crippen LogP contribution in [0.4, 0.5) is 8.78 Å². The topological polar surface area (TPSA) is 55.6 Å². The van der Waals surface area contributed by atoms with Crippen molar-refractivity contribution in [1.82, 2.24) is 14.7 Å². The smallest absolute Gasteiger partial charge is 0.387 e. The molecule has 23 heavy (non-hydrogen) atoms. The van der Waals surface area contributed by atoms with Gasteiger partial charge in [0.05, 0.1) is 12.2 Å². The minimum absolute atomic E-state index is 0.102. The van der Waals surface area contributed by atoms with E-state index >= 15 is 0 Å². The Hall–Kier alpha value is -2.48. The number of nitrogens with zero attached hydrogens (tertiary/aromatic N) is 2. The molecule has 0 aliphatic rings. The molecule has 0 aromatic carbocycles. The predicted molar refractivity (Wildman–Crippen MR) is 82.1 cm³/mol. The minimum atomic E-state index is -2.96. The summed E-state index contributed by atoms with van der Waals surface area (Å²) in [5, 5.41) is 2.67. The van der Waals surface area contributed by atoms with Crippen LogP contribution in [-0.4, -0.2) is 21.9 Å². The van der Waals surface area contributed by atoms with Crippen LogP contribution in [-0.2, 0) is 6.54 Å². The Labute approximate surface area is 134 Å². The maximum atomic E-state index is 12.4. The number of amides is 1. The van der Waals surface area contributed by atoms with Crippen molar-refractivity contribution < 1.29 is 18.3 Å². The summed E-state index contributed by atoms with van der Waals surface area (Å²) in [5.41, 5.74) is 1.44. The number of carbonyl (C=O) groups is 1. The molecule has 0 saturated heterocycles. The number of carbonyl (C=O) groups excluding carboxylic acids is 1. The lowest BCUT2D eigenvalue weighted by Crippen LogP contribution is -2.22. The van der Waals surface area contributed by atoms with Crippen molar-refractivity contribution in [2.24, 2.45) is 0 Å². The molecule has 1 N–H and O–H groups in total. The number of nitrogens with one attached hydrogen (secondary N) is 1. The second-order valence-corrected chi connectivity index (χ2v) is 6.07. The average Bonchev–Trinajstić information content (AvgIpc) is 3.07. The molecule has 3 aromatic rings. The summed E-state index contributed by atoms with van der Waals surface area (Å²) in [6.45, 7) is -1.04. The number of rotatable bonds is 5. The first-order valence-corrected chi connectivity index (χ1v) is 7.60. The van der Waals surface area contributed by atoms with Crippen LogP contribution >= 0.6 is 11.3 Å². The zero-order chi connectivity index (χ0) is 16.4. The van der Waals surface area contributed by atoms with Gasteiger partial charge in [0.2, 0.25) is 0 Å². The van der Waals surface area contributed by atoms with Gasteiger partial charge in [0, 0.05) is 17.3 Å². The molecule has 0 saturated carbocycles. The molecular formula is C15H13F2N3O2S. The van der Waals surface area contributed by atoms with Crippen LogP contribution in [0.15, 0.2) is 36.7 Å². The van der Waals surface area contributed by atoms with Crippen molar-refractivity contribution >= 4 is 22.9 Å². The Balaban J connectivity index is 1.72. The monoisotopic (exact) mass is 337 g/mol. The molecule has 5 nitrogen and oxygen atoms in total. The van der Waals surface area contributed by atoms with Crippen molar-refractivity contribution in [2.45, 2.75) is 20.1 Å². The molecular weight excluding hydrogens is 324 g/mol. The summed E-state index contributed by atoms with van der Waals surface area (Å²) in [7, 11) is 0. The first kappa shape index (κ1) is 15.4. The molecule has 0 unspecified atom stereocenters. The molecule has 3 heterocycles. The van der Waals surface area contributed by atoms with Crippen molar-refractivity contribution in [3.63, 3.8) is 0 Å². The van der Waals surface area contributed by atoms with E-state index in [0.29, 0.717) is 5.69 Å². The number of aryl methyl sites for hydroxylation is 1. The second-order valence-electron chi connectivity index (χ2n) is 4.81. The fourth-order valence-corrected chi connectivity index (χ4v) is 3.02. The Morgan fingerprint density at radius 2 is 2.30 bits per heavy atom. The molecule has 0 bridgehead atoms. The number of halogens is 2. The van der Waals surface area contributed by atoms with E-state index in [0.717, 1.165) is 21.9 Å². The quantitative estimate of drug-likeness (QED) is 0.778. The summed E-state index contributed by atoms with van der Waals surface area (Å²) >= 11 is 1.11. The Morgan fingerprint density at radius 3 is 3.04 bits per heavy atom. The third-order valence-electron chi connectivity index (χ3n) is 3.09. The third kappa shape index (κ3) is 3.48. The number of ether oxygens (including phenoxy) is 1. The lowest BCUT2D eigenvalue weighted by Gasteiger charge is -2.05. The van der Waals surface area contributed by atoms with E-state index in [9.17, 15) is 13.6 Å². The van der Waals surface area contributed by atoms with Gasteiger partial charge in [-0.1, -0.05) is 6.07 Å². The van der Waals surface area contributed by atoms with Crippen LogP contribution in [0.5, 0.6) is 5.75 Å². The highest BCUT2D eigenvalue weighted by Gasteiger charge is 2.19. The number of imidazole rings is 1. The van der Waals surface area contributed by atoms with Gasteiger partial charge >= 0.3 is 6.61 Å². The highest BCUT2D eigenvalue weighted by atomic mass is 32.1. The van der Waals surface area contributed by atoms with E-state index < -0.39 is 12.5 Å². The van der Waals surface area contributed by atoms with Crippen LogP contribution in [0.3, 0.4) is 0 Å². The Bertz CT molecular complexity index is 811. The van der Waals surface area contributed by atoms with E-state index in [1.54, 1.807) is 13.1 Å². The fraction of sp³-hybridized carbons (Fsp3) is 0.200. The van der Waals surface area contributed by atoms with E-state index in [4.69, 9.17) is 0 Å². The highest BCUT2D eigenvalue weighted by Crippen LogP contribution is 2.30. The van der Waals surface area contributed by atoms with E-state index in [1.165, 1.54) is 6.07 Å². The molecule has 120 valence electrons. The van der Waals surface area contributed by atoms with Gasteiger partial charge in [0.25, 0.3) is 5.91 Å². The van der Waals surface area contributed by atoms with Crippen LogP contribution < -0.4 is 10.1 Å². The molecule has 3 aromatic heterocycles. The van der Waals surface area contributed by atoms with Crippen LogP contribution in [0.2, 0.25) is 0 Å². The Morgan fingerprint density at radius 1 is 1.48 bits per heavy atom. The molecule has 0 aliphatic carbocycles. The summed E-state index contributed by atoms with van der Waals surface area (Å²) in [4.78, 5) is 17.4. The highest BCUT2D eigenvalue weighted by molar-refractivity contribution is 7.14. The van der Waals surface area contributed by atoms with Gasteiger partial charge in [-0.25, -0.2) is 4.98 Å². The zero-order valence-corrected chi connectivity index (χ0v) is 12.9. The summed E-state index contributed by atoms with van der Waals surface area (Å²) in [5.74, 6) is -0.564. The van der Waals surface area contributed by atoms with Gasteiger partial charge < -0.3 is 14.5 Å². The third-order valence-corrected chi connectivity index (χ3v) is 4.12. The molecule has 0 radical (unpaired) electrons. The normalized spacial score (nSPS) is 11.1. The van der Waals surface area contributed by atoms with Gasteiger partial charge in [0.15, 0.2) is 0 Å². The Kier molecular flexibility index (Phi) is 4.24. The van der Waals surface area contributed by atoms with Crippen LogP contribution in [0, 0.1) is 6.92 Å². The van der Waals surface area contributed by atoms with E-state index in [-0.39, 0.29) is 17.2 Å². The molecule has 0 spiro atoms. The van der Waals surface area contributed by atoms with Gasteiger partial charge in [-0.3, -0.25) is 4.79 Å². The number of thiophene rings is 1. The fourth-order valence-electron chi connectivity index (χ4n) is 2.16. The van der Waals surface area contributed by atoms with Crippen molar-refractivity contribution in [3.05, 3.63) is 52.1 Å². The van der Waals surface area contributed by atoms with E-state index in [1.807, 2.05) is 28.8 Å². The standard InChI is InChI=1S/C15H13F2N3O2S/c1-9-6-11(22-15(16)17)13(23-9)14(21)18-7-10-8-20-5-3-2-4-12(20)19-10/h2-6,8,15H,7H2,1H3,(H,18,21). The molecule has 0 atom stereocenters. The summed E-state index contributed by atoms with van der Waals surface area (Å²) < 4.78 is 31.0. The largest absolute Gasteiger partial charge is 0.433 e. The predicted octanol–water partition coefficient (Wildman–Crippen LogP) is 3.24. The second kappa shape index (κ2) is 6.33. The van der Waals surface area contributed by atoms with Gasteiger partial charge in [-0.2, -0.15) is 8.78 Å². The molecule has 3 rings (SSSR count). The SMILES string of the molecule is Cc1cc(OC(F)F)c(C(=O)NCc2cn3ccccc3n2)s1. The molecule has 0 fully saturated rings. The van der Waals surface area contributed by atoms with Crippen molar-refractivity contribution in [1.29, 1.82) is 0 Å². The van der Waals surface area contributed by atoms with Gasteiger partial charge in [-0.05, 0) is 25.1 Å².